The van der Waals surface area contributed by atoms with Gasteiger partial charge in [0.2, 0.25) is 0 Å². The summed E-state index contributed by atoms with van der Waals surface area (Å²) in [6.45, 7) is 1.86. The zero-order valence-electron chi connectivity index (χ0n) is 7.33. The molecule has 0 radical (unpaired) electrons. The van der Waals surface area contributed by atoms with Crippen LogP contribution in [0.2, 0.25) is 0 Å². The number of hydrogen-bond acceptors (Lipinski definition) is 2. The highest BCUT2D eigenvalue weighted by Gasteiger charge is 2.26. The number of halogens is 1. The fourth-order valence-corrected chi connectivity index (χ4v) is 3.35. The Morgan fingerprint density at radius 1 is 1.62 bits per heavy atom. The molecule has 0 amide bonds. The number of aliphatic hydroxyl groups excluding tert-OH is 1. The Bertz CT molecular complexity index is 325. The average Bonchev–Trinajstić information content (AvgIpc) is 2.46. The molecule has 0 saturated carbocycles. The molecule has 1 nitrogen and oxygen atoms in total. The highest BCUT2D eigenvalue weighted by atomic mass is 79.9. The molecule has 0 bridgehead atoms. The van der Waals surface area contributed by atoms with E-state index >= 15 is 0 Å². The van der Waals surface area contributed by atoms with E-state index in [0.717, 1.165) is 10.2 Å². The molecule has 1 heterocycles. The number of aliphatic hydroxyl groups is 1. The first-order valence-corrected chi connectivity index (χ1v) is 6.06. The number of benzene rings is 1. The first-order chi connectivity index (χ1) is 6.18. The van der Waals surface area contributed by atoms with E-state index in [2.05, 4.69) is 34.1 Å². The van der Waals surface area contributed by atoms with Crippen LogP contribution in [-0.2, 0) is 0 Å². The molecule has 3 heteroatoms. The van der Waals surface area contributed by atoms with Gasteiger partial charge in [-0.25, -0.2) is 0 Å². The van der Waals surface area contributed by atoms with Gasteiger partial charge in [-0.1, -0.05) is 15.9 Å². The van der Waals surface area contributed by atoms with E-state index in [4.69, 9.17) is 0 Å². The van der Waals surface area contributed by atoms with E-state index in [9.17, 15) is 5.11 Å². The molecule has 70 valence electrons. The van der Waals surface area contributed by atoms with E-state index in [0.29, 0.717) is 5.92 Å². The summed E-state index contributed by atoms with van der Waals surface area (Å²) in [7, 11) is 0. The Hall–Kier alpha value is 0.01000. The smallest absolute Gasteiger partial charge is 0.0589 e. The monoisotopic (exact) mass is 258 g/mol. The second kappa shape index (κ2) is 3.64. The van der Waals surface area contributed by atoms with Gasteiger partial charge < -0.3 is 5.11 Å². The zero-order valence-corrected chi connectivity index (χ0v) is 9.73. The van der Waals surface area contributed by atoms with Crippen LogP contribution in [0.5, 0.6) is 0 Å². The lowest BCUT2D eigenvalue weighted by molar-refractivity contribution is 0.171. The van der Waals surface area contributed by atoms with Gasteiger partial charge in [0, 0.05) is 21.0 Å². The van der Waals surface area contributed by atoms with Crippen LogP contribution in [0.4, 0.5) is 0 Å². The Balaban J connectivity index is 2.40. The molecule has 2 unspecified atom stereocenters. The molecule has 0 fully saturated rings. The molecular formula is C10H11BrOS. The van der Waals surface area contributed by atoms with Crippen LogP contribution in [0.3, 0.4) is 0 Å². The van der Waals surface area contributed by atoms with Crippen molar-refractivity contribution in [2.75, 3.05) is 5.75 Å². The molecule has 1 aromatic carbocycles. The molecule has 13 heavy (non-hydrogen) atoms. The van der Waals surface area contributed by atoms with Crippen LogP contribution in [0.25, 0.3) is 0 Å². The summed E-state index contributed by atoms with van der Waals surface area (Å²) in [6, 6.07) is 6.29. The minimum atomic E-state index is -0.247. The largest absolute Gasteiger partial charge is 0.393 e. The summed E-state index contributed by atoms with van der Waals surface area (Å²) < 4.78 is 1.10. The van der Waals surface area contributed by atoms with E-state index in [-0.39, 0.29) is 6.10 Å². The second-order valence-electron chi connectivity index (χ2n) is 3.34. The fraction of sp³-hybridized carbons (Fsp3) is 0.400. The standard InChI is InChI=1S/C10H11BrOS/c1-6(12)9-5-13-10-3-2-7(11)4-8(9)10/h2-4,6,9,12H,5H2,1H3. The summed E-state index contributed by atoms with van der Waals surface area (Å²) in [5.41, 5.74) is 1.29. The second-order valence-corrected chi connectivity index (χ2v) is 5.32. The predicted octanol–water partition coefficient (Wildman–Crippen LogP) is 3.02. The third-order valence-corrected chi connectivity index (χ3v) is 4.07. The molecule has 2 atom stereocenters. The lowest BCUT2D eigenvalue weighted by atomic mass is 9.97. The maximum absolute atomic E-state index is 9.56. The Labute approximate surface area is 90.7 Å². The van der Waals surface area contributed by atoms with Crippen LogP contribution in [0.1, 0.15) is 18.4 Å². The van der Waals surface area contributed by atoms with Crippen molar-refractivity contribution in [3.05, 3.63) is 28.2 Å². The quantitative estimate of drug-likeness (QED) is 0.836. The molecule has 0 spiro atoms. The van der Waals surface area contributed by atoms with E-state index < -0.39 is 0 Å². The third kappa shape index (κ3) is 1.78. The van der Waals surface area contributed by atoms with Crippen molar-refractivity contribution < 1.29 is 5.11 Å². The van der Waals surface area contributed by atoms with Crippen LogP contribution < -0.4 is 0 Å². The van der Waals surface area contributed by atoms with Gasteiger partial charge in [0.1, 0.15) is 0 Å². The van der Waals surface area contributed by atoms with Gasteiger partial charge in [-0.3, -0.25) is 0 Å². The normalized spacial score (nSPS) is 22.8. The summed E-state index contributed by atoms with van der Waals surface area (Å²) in [5, 5.41) is 9.56. The Kier molecular flexibility index (Phi) is 2.67. The third-order valence-electron chi connectivity index (χ3n) is 2.37. The van der Waals surface area contributed by atoms with Crippen molar-refractivity contribution in [3.8, 4) is 0 Å². The highest BCUT2D eigenvalue weighted by molar-refractivity contribution is 9.10. The number of hydrogen-bond donors (Lipinski definition) is 1. The van der Waals surface area contributed by atoms with E-state index in [1.165, 1.54) is 10.5 Å². The molecule has 1 aliphatic rings. The number of fused-ring (bicyclic) bond motifs is 1. The fourth-order valence-electron chi connectivity index (χ4n) is 1.61. The van der Waals surface area contributed by atoms with Crippen molar-refractivity contribution in [1.29, 1.82) is 0 Å². The first-order valence-electron chi connectivity index (χ1n) is 4.29. The Morgan fingerprint density at radius 2 is 2.38 bits per heavy atom. The highest BCUT2D eigenvalue weighted by Crippen LogP contribution is 2.42. The number of thioether (sulfide) groups is 1. The van der Waals surface area contributed by atoms with E-state index in [1.807, 2.05) is 18.7 Å². The van der Waals surface area contributed by atoms with E-state index in [1.54, 1.807) is 0 Å². The first kappa shape index (κ1) is 9.56. The van der Waals surface area contributed by atoms with Crippen molar-refractivity contribution in [3.63, 3.8) is 0 Å². The molecule has 0 aromatic heterocycles. The lowest BCUT2D eigenvalue weighted by Gasteiger charge is -2.13. The summed E-state index contributed by atoms with van der Waals surface area (Å²) in [6.07, 6.45) is -0.247. The summed E-state index contributed by atoms with van der Waals surface area (Å²) >= 11 is 5.28. The molecule has 0 saturated heterocycles. The van der Waals surface area contributed by atoms with Gasteiger partial charge >= 0.3 is 0 Å². The predicted molar refractivity (Wildman–Crippen MR) is 59.3 cm³/mol. The summed E-state index contributed by atoms with van der Waals surface area (Å²) in [5.74, 6) is 1.31. The van der Waals surface area contributed by atoms with Crippen LogP contribution >= 0.6 is 27.7 Å². The van der Waals surface area contributed by atoms with Gasteiger partial charge in [-0.15, -0.1) is 11.8 Å². The zero-order chi connectivity index (χ0) is 9.42. The van der Waals surface area contributed by atoms with Crippen LogP contribution in [0, 0.1) is 0 Å². The van der Waals surface area contributed by atoms with Crippen LogP contribution in [0.15, 0.2) is 27.6 Å². The van der Waals surface area contributed by atoms with Crippen molar-refractivity contribution in [2.24, 2.45) is 0 Å². The van der Waals surface area contributed by atoms with Gasteiger partial charge in [-0.05, 0) is 30.7 Å². The van der Waals surface area contributed by atoms with Gasteiger partial charge in [0.15, 0.2) is 0 Å². The molecule has 1 N–H and O–H groups in total. The molecule has 1 aromatic rings. The average molecular weight is 259 g/mol. The van der Waals surface area contributed by atoms with Gasteiger partial charge in [0.25, 0.3) is 0 Å². The number of rotatable bonds is 1. The van der Waals surface area contributed by atoms with Gasteiger partial charge in [-0.2, -0.15) is 0 Å². The minimum Gasteiger partial charge on any atom is -0.393 e. The lowest BCUT2D eigenvalue weighted by Crippen LogP contribution is -2.13. The topological polar surface area (TPSA) is 20.2 Å². The van der Waals surface area contributed by atoms with Crippen LogP contribution in [-0.4, -0.2) is 17.0 Å². The SMILES string of the molecule is CC(O)C1CSc2ccc(Br)cc21. The molecule has 1 aliphatic heterocycles. The molecular weight excluding hydrogens is 248 g/mol. The minimum absolute atomic E-state index is 0.247. The van der Waals surface area contributed by atoms with Crippen molar-refractivity contribution in [1.82, 2.24) is 0 Å². The molecule has 0 aliphatic carbocycles. The maximum atomic E-state index is 9.56. The Morgan fingerprint density at radius 3 is 3.08 bits per heavy atom. The van der Waals surface area contributed by atoms with Crippen molar-refractivity contribution >= 4 is 27.7 Å². The molecule has 2 rings (SSSR count). The maximum Gasteiger partial charge on any atom is 0.0589 e. The summed E-state index contributed by atoms with van der Waals surface area (Å²) in [4.78, 5) is 1.31. The van der Waals surface area contributed by atoms with Crippen molar-refractivity contribution in [2.45, 2.75) is 23.8 Å². The van der Waals surface area contributed by atoms with Gasteiger partial charge in [0.05, 0.1) is 6.10 Å².